The van der Waals surface area contributed by atoms with Gasteiger partial charge in [0.15, 0.2) is 5.60 Å². The summed E-state index contributed by atoms with van der Waals surface area (Å²) in [5, 5.41) is 12.0. The molecule has 38 heavy (non-hydrogen) atoms. The van der Waals surface area contributed by atoms with Gasteiger partial charge in [-0.15, -0.1) is 0 Å². The Labute approximate surface area is 219 Å². The number of nitrogens with zero attached hydrogens (tertiary/aromatic N) is 4. The largest absolute Gasteiger partial charge is 0.458 e. The lowest BCUT2D eigenvalue weighted by Crippen LogP contribution is -2.48. The third kappa shape index (κ3) is 3.62. The number of amides is 1. The summed E-state index contributed by atoms with van der Waals surface area (Å²) in [4.78, 5) is 47.4. The first-order valence-electron chi connectivity index (χ1n) is 13.0. The van der Waals surface area contributed by atoms with Crippen LogP contribution in [0.25, 0.3) is 22.3 Å². The molecule has 0 radical (unpaired) electrons. The number of hydrogen-bond acceptors (Lipinski definition) is 8. The lowest BCUT2D eigenvalue weighted by molar-refractivity contribution is -0.172. The topological polar surface area (TPSA) is 114 Å². The van der Waals surface area contributed by atoms with Gasteiger partial charge in [0.05, 0.1) is 29.0 Å². The number of benzene rings is 1. The van der Waals surface area contributed by atoms with Gasteiger partial charge in [-0.2, -0.15) is 0 Å². The Morgan fingerprint density at radius 3 is 2.61 bits per heavy atom. The van der Waals surface area contributed by atoms with Gasteiger partial charge in [-0.1, -0.05) is 13.8 Å². The maximum Gasteiger partial charge on any atom is 0.415 e. The maximum atomic E-state index is 13.5. The standard InChI is InChI=1S/C28H30N4O6/c1-4-17-18-12-16(38-27(35)31-10-8-30(3)9-11-31)6-7-22(18)29-24-19(17)14-32-23(24)13-21-20(25(32)33)15-37-26(34)28(21,36)5-2/h6-7,12-13,36H,4-5,8-11,14-15H2,1-3H3/t28-/m0/s1. The van der Waals surface area contributed by atoms with Crippen molar-refractivity contribution in [3.8, 4) is 17.1 Å². The molecule has 1 amide bonds. The summed E-state index contributed by atoms with van der Waals surface area (Å²) in [5.41, 5.74) is 2.32. The molecule has 0 aliphatic carbocycles. The highest BCUT2D eigenvalue weighted by atomic mass is 16.6. The van der Waals surface area contributed by atoms with E-state index in [0.717, 1.165) is 29.6 Å². The van der Waals surface area contributed by atoms with Crippen LogP contribution < -0.4 is 10.3 Å². The number of aliphatic hydroxyl groups is 1. The first-order valence-corrected chi connectivity index (χ1v) is 13.0. The summed E-state index contributed by atoms with van der Waals surface area (Å²) < 4.78 is 12.5. The second-order valence-corrected chi connectivity index (χ2v) is 10.2. The number of likely N-dealkylation sites (N-methyl/N-ethyl adjacent to an activating group) is 1. The van der Waals surface area contributed by atoms with E-state index in [2.05, 4.69) is 4.90 Å². The smallest absolute Gasteiger partial charge is 0.415 e. The maximum absolute atomic E-state index is 13.5. The minimum atomic E-state index is -1.86. The van der Waals surface area contributed by atoms with Gasteiger partial charge in [0.25, 0.3) is 5.56 Å². The molecule has 3 aromatic rings. The van der Waals surface area contributed by atoms with Crippen LogP contribution in [0.3, 0.4) is 0 Å². The van der Waals surface area contributed by atoms with Gasteiger partial charge in [0.1, 0.15) is 12.4 Å². The number of hydrogen-bond donors (Lipinski definition) is 1. The number of fused-ring (bicyclic) bond motifs is 5. The quantitative estimate of drug-likeness (QED) is 0.411. The van der Waals surface area contributed by atoms with Crippen molar-refractivity contribution in [1.82, 2.24) is 19.4 Å². The van der Waals surface area contributed by atoms with Gasteiger partial charge in [-0.25, -0.2) is 14.6 Å². The SMILES string of the molecule is CCc1c2c(nc3ccc(OC(=O)N4CCN(C)CC4)cc13)-c1cc3c(c(=O)n1C2)COC(=O)[C@]3(O)CC. The van der Waals surface area contributed by atoms with Crippen LogP contribution in [-0.2, 0) is 34.7 Å². The summed E-state index contributed by atoms with van der Waals surface area (Å²) >= 11 is 0. The third-order valence-corrected chi connectivity index (χ3v) is 8.10. The Kier molecular flexibility index (Phi) is 5.77. The molecule has 3 aliphatic heterocycles. The van der Waals surface area contributed by atoms with Gasteiger partial charge >= 0.3 is 12.1 Å². The summed E-state index contributed by atoms with van der Waals surface area (Å²) in [5.74, 6) is -0.292. The first kappa shape index (κ1) is 24.6. The van der Waals surface area contributed by atoms with Gasteiger partial charge < -0.3 is 28.9 Å². The Hall–Kier alpha value is -3.76. The molecule has 1 atom stereocenters. The molecule has 1 fully saturated rings. The predicted molar refractivity (Wildman–Crippen MR) is 139 cm³/mol. The molecular formula is C28H30N4O6. The molecule has 0 saturated carbocycles. The van der Waals surface area contributed by atoms with E-state index in [9.17, 15) is 19.5 Å². The van der Waals surface area contributed by atoms with Crippen molar-refractivity contribution < 1.29 is 24.2 Å². The molecular weight excluding hydrogens is 488 g/mol. The number of pyridine rings is 2. The Morgan fingerprint density at radius 2 is 1.89 bits per heavy atom. The van der Waals surface area contributed by atoms with E-state index in [1.54, 1.807) is 28.5 Å². The average Bonchev–Trinajstić information content (AvgIpc) is 3.28. The Morgan fingerprint density at radius 1 is 1.13 bits per heavy atom. The van der Waals surface area contributed by atoms with E-state index in [0.29, 0.717) is 59.8 Å². The second kappa shape index (κ2) is 8.92. The monoisotopic (exact) mass is 518 g/mol. The number of carbonyl (C=O) groups is 2. The average molecular weight is 519 g/mol. The molecule has 198 valence electrons. The third-order valence-electron chi connectivity index (χ3n) is 8.10. The predicted octanol–water partition coefficient (Wildman–Crippen LogP) is 2.39. The van der Waals surface area contributed by atoms with Crippen LogP contribution in [0.15, 0.2) is 29.1 Å². The molecule has 2 aromatic heterocycles. The van der Waals surface area contributed by atoms with Crippen LogP contribution >= 0.6 is 0 Å². The molecule has 0 unspecified atom stereocenters. The fraction of sp³-hybridized carbons (Fsp3) is 0.429. The fourth-order valence-corrected chi connectivity index (χ4v) is 5.76. The number of aryl methyl sites for hydroxylation is 1. The van der Waals surface area contributed by atoms with E-state index in [1.165, 1.54) is 0 Å². The number of esters is 1. The molecule has 10 nitrogen and oxygen atoms in total. The Bertz CT molecular complexity index is 1560. The molecule has 1 aromatic carbocycles. The fourth-order valence-electron chi connectivity index (χ4n) is 5.76. The second-order valence-electron chi connectivity index (χ2n) is 10.2. The summed E-state index contributed by atoms with van der Waals surface area (Å²) in [6.07, 6.45) is 0.407. The normalized spacial score (nSPS) is 20.6. The number of rotatable bonds is 3. The highest BCUT2D eigenvalue weighted by Crippen LogP contribution is 2.40. The summed E-state index contributed by atoms with van der Waals surface area (Å²) in [6, 6.07) is 7.11. The molecule has 1 N–H and O–H groups in total. The van der Waals surface area contributed by atoms with Crippen molar-refractivity contribution >= 4 is 23.0 Å². The zero-order valence-corrected chi connectivity index (χ0v) is 21.7. The van der Waals surface area contributed by atoms with Crippen LogP contribution in [0.2, 0.25) is 0 Å². The van der Waals surface area contributed by atoms with Crippen molar-refractivity contribution in [1.29, 1.82) is 0 Å². The molecule has 3 aliphatic rings. The van der Waals surface area contributed by atoms with E-state index in [-0.39, 0.29) is 24.7 Å². The van der Waals surface area contributed by atoms with Gasteiger partial charge in [0, 0.05) is 42.7 Å². The summed E-state index contributed by atoms with van der Waals surface area (Å²) in [6.45, 7) is 6.75. The van der Waals surface area contributed by atoms with Crippen molar-refractivity contribution in [2.24, 2.45) is 0 Å². The zero-order chi connectivity index (χ0) is 26.8. The number of aromatic nitrogens is 2. The van der Waals surface area contributed by atoms with Crippen LogP contribution in [0.1, 0.15) is 42.5 Å². The molecule has 6 rings (SSSR count). The van der Waals surface area contributed by atoms with Gasteiger partial charge in [-0.05, 0) is 49.7 Å². The summed E-state index contributed by atoms with van der Waals surface area (Å²) in [7, 11) is 2.03. The van der Waals surface area contributed by atoms with Crippen molar-refractivity contribution in [3.05, 3.63) is 56.9 Å². The number of carbonyl (C=O) groups excluding carboxylic acids is 2. The van der Waals surface area contributed by atoms with E-state index < -0.39 is 11.6 Å². The minimum Gasteiger partial charge on any atom is -0.458 e. The molecule has 0 bridgehead atoms. The van der Waals surface area contributed by atoms with Crippen LogP contribution in [0, 0.1) is 0 Å². The van der Waals surface area contributed by atoms with Gasteiger partial charge in [0.2, 0.25) is 0 Å². The van der Waals surface area contributed by atoms with Crippen molar-refractivity contribution in [3.63, 3.8) is 0 Å². The van der Waals surface area contributed by atoms with Crippen molar-refractivity contribution in [2.45, 2.75) is 45.4 Å². The minimum absolute atomic E-state index is 0.0928. The lowest BCUT2D eigenvalue weighted by atomic mass is 9.86. The number of cyclic esters (lactones) is 1. The number of ether oxygens (including phenoxy) is 2. The highest BCUT2D eigenvalue weighted by Gasteiger charge is 2.45. The molecule has 5 heterocycles. The van der Waals surface area contributed by atoms with Crippen LogP contribution in [0.5, 0.6) is 5.75 Å². The van der Waals surface area contributed by atoms with Gasteiger partial charge in [-0.3, -0.25) is 4.79 Å². The lowest BCUT2D eigenvalue weighted by Gasteiger charge is -2.31. The van der Waals surface area contributed by atoms with Crippen LogP contribution in [-0.4, -0.2) is 69.7 Å². The molecule has 0 spiro atoms. The van der Waals surface area contributed by atoms with Crippen LogP contribution in [0.4, 0.5) is 4.79 Å². The number of piperazine rings is 1. The molecule has 1 saturated heterocycles. The highest BCUT2D eigenvalue weighted by molar-refractivity contribution is 5.90. The zero-order valence-electron chi connectivity index (χ0n) is 21.7. The van der Waals surface area contributed by atoms with Crippen molar-refractivity contribution in [2.75, 3.05) is 33.2 Å². The van der Waals surface area contributed by atoms with E-state index >= 15 is 0 Å². The van der Waals surface area contributed by atoms with E-state index in [4.69, 9.17) is 14.5 Å². The molecule has 10 heteroatoms. The van der Waals surface area contributed by atoms with E-state index in [1.807, 2.05) is 26.1 Å². The Balaban J connectivity index is 1.41. The first-order chi connectivity index (χ1) is 18.2.